The van der Waals surface area contributed by atoms with Crippen molar-refractivity contribution in [1.82, 2.24) is 4.98 Å². The third-order valence-corrected chi connectivity index (χ3v) is 4.69. The summed E-state index contributed by atoms with van der Waals surface area (Å²) < 4.78 is 5.62. The number of nitrogens with two attached hydrogens (primary N) is 1. The molecule has 144 valence electrons. The average Bonchev–Trinajstić information content (AvgIpc) is 2.68. The van der Waals surface area contributed by atoms with Crippen LogP contribution in [0.1, 0.15) is 13.8 Å². The van der Waals surface area contributed by atoms with Gasteiger partial charge in [-0.1, -0.05) is 35.9 Å². The fourth-order valence-electron chi connectivity index (χ4n) is 2.56. The number of pyridine rings is 1. The predicted octanol–water partition coefficient (Wildman–Crippen LogP) is 5.14. The Bertz CT molecular complexity index is 984. The fraction of sp³-hybridized carbons (Fsp3) is 0.182. The van der Waals surface area contributed by atoms with Crippen molar-refractivity contribution in [3.8, 4) is 28.0 Å². The van der Waals surface area contributed by atoms with Crippen LogP contribution < -0.4 is 10.5 Å². The Morgan fingerprint density at radius 2 is 1.68 bits per heavy atom. The number of carboxylic acid groups (broad SMARTS) is 1. The van der Waals surface area contributed by atoms with E-state index >= 15 is 0 Å². The number of hydrogen-bond donors (Lipinski definition) is 2. The minimum Gasteiger partial charge on any atom is -0.492 e. The van der Waals surface area contributed by atoms with Gasteiger partial charge < -0.3 is 15.6 Å². The number of nitrogens with zero attached hydrogens (tertiary/aromatic N) is 1. The number of benzene rings is 2. The molecule has 0 bridgehead atoms. The standard InChI is InChI=1S/C22H21ClN2O3/c1-22(2,21(26)27)13-28-18-9-5-14(6-10-18)16-11-19(20(24)25-12-16)15-3-7-17(23)8-4-15/h3-12H,13H2,1-2H3,(H2,24,25)(H,26,27). The molecule has 28 heavy (non-hydrogen) atoms. The Kier molecular flexibility index (Phi) is 5.56. The van der Waals surface area contributed by atoms with Crippen molar-refractivity contribution in [2.75, 3.05) is 12.3 Å². The van der Waals surface area contributed by atoms with Crippen molar-refractivity contribution >= 4 is 23.4 Å². The van der Waals surface area contributed by atoms with Crippen LogP contribution in [0.25, 0.3) is 22.3 Å². The third kappa shape index (κ3) is 4.43. The number of carboxylic acids is 1. The van der Waals surface area contributed by atoms with Gasteiger partial charge in [0.2, 0.25) is 0 Å². The number of halogens is 1. The first-order chi connectivity index (χ1) is 13.3. The smallest absolute Gasteiger partial charge is 0.312 e. The molecule has 0 saturated heterocycles. The second-order valence-corrected chi connectivity index (χ2v) is 7.60. The maximum atomic E-state index is 11.2. The van der Waals surface area contributed by atoms with Crippen LogP contribution in [0.15, 0.2) is 60.8 Å². The fourth-order valence-corrected chi connectivity index (χ4v) is 2.69. The summed E-state index contributed by atoms with van der Waals surface area (Å²) in [6, 6.07) is 16.8. The number of aliphatic carboxylic acids is 1. The molecular weight excluding hydrogens is 376 g/mol. The van der Waals surface area contributed by atoms with Crippen LogP contribution in [-0.4, -0.2) is 22.7 Å². The highest BCUT2D eigenvalue weighted by molar-refractivity contribution is 6.30. The van der Waals surface area contributed by atoms with Gasteiger partial charge in [-0.3, -0.25) is 4.79 Å². The molecule has 0 unspecified atom stereocenters. The van der Waals surface area contributed by atoms with Gasteiger partial charge in [0.15, 0.2) is 0 Å². The van der Waals surface area contributed by atoms with Crippen LogP contribution in [0.2, 0.25) is 5.02 Å². The zero-order chi connectivity index (χ0) is 20.3. The number of carbonyl (C=O) groups is 1. The first-order valence-electron chi connectivity index (χ1n) is 8.74. The first kappa shape index (κ1) is 19.7. The van der Waals surface area contributed by atoms with Crippen molar-refractivity contribution in [3.63, 3.8) is 0 Å². The van der Waals surface area contributed by atoms with E-state index in [1.165, 1.54) is 0 Å². The van der Waals surface area contributed by atoms with E-state index in [1.54, 1.807) is 20.0 Å². The lowest BCUT2D eigenvalue weighted by Crippen LogP contribution is -2.30. The van der Waals surface area contributed by atoms with Crippen LogP contribution in [-0.2, 0) is 4.79 Å². The quantitative estimate of drug-likeness (QED) is 0.602. The SMILES string of the molecule is CC(C)(COc1ccc(-c2cnc(N)c(-c3ccc(Cl)cc3)c2)cc1)C(=O)O. The molecule has 0 radical (unpaired) electrons. The highest BCUT2D eigenvalue weighted by atomic mass is 35.5. The molecule has 0 fully saturated rings. The minimum absolute atomic E-state index is 0.0891. The zero-order valence-corrected chi connectivity index (χ0v) is 16.4. The third-order valence-electron chi connectivity index (χ3n) is 4.44. The molecule has 0 atom stereocenters. The summed E-state index contributed by atoms with van der Waals surface area (Å²) in [5, 5.41) is 9.83. The first-order valence-corrected chi connectivity index (χ1v) is 9.12. The Labute approximate surface area is 168 Å². The van der Waals surface area contributed by atoms with E-state index in [0.29, 0.717) is 16.6 Å². The van der Waals surface area contributed by atoms with Crippen molar-refractivity contribution in [3.05, 3.63) is 65.8 Å². The molecule has 0 amide bonds. The van der Waals surface area contributed by atoms with Crippen LogP contribution in [0.5, 0.6) is 5.75 Å². The van der Waals surface area contributed by atoms with E-state index in [-0.39, 0.29) is 6.61 Å². The zero-order valence-electron chi connectivity index (χ0n) is 15.6. The number of anilines is 1. The number of rotatable bonds is 6. The predicted molar refractivity (Wildman–Crippen MR) is 111 cm³/mol. The van der Waals surface area contributed by atoms with Crippen LogP contribution in [0, 0.1) is 5.41 Å². The average molecular weight is 397 g/mol. The molecule has 0 spiro atoms. The second kappa shape index (κ2) is 7.90. The molecule has 5 nitrogen and oxygen atoms in total. The van der Waals surface area contributed by atoms with Crippen molar-refractivity contribution in [2.24, 2.45) is 5.41 Å². The minimum atomic E-state index is -0.951. The summed E-state index contributed by atoms with van der Waals surface area (Å²) in [6.07, 6.45) is 1.72. The van der Waals surface area contributed by atoms with E-state index < -0.39 is 11.4 Å². The van der Waals surface area contributed by atoms with Gasteiger partial charge in [-0.15, -0.1) is 0 Å². The normalized spacial score (nSPS) is 11.2. The van der Waals surface area contributed by atoms with E-state index in [1.807, 2.05) is 54.6 Å². The van der Waals surface area contributed by atoms with E-state index in [2.05, 4.69) is 4.98 Å². The van der Waals surface area contributed by atoms with E-state index in [9.17, 15) is 4.79 Å². The molecule has 0 aliphatic heterocycles. The second-order valence-electron chi connectivity index (χ2n) is 7.17. The number of nitrogen functional groups attached to an aromatic ring is 1. The van der Waals surface area contributed by atoms with E-state index in [0.717, 1.165) is 22.3 Å². The Hall–Kier alpha value is -3.05. The van der Waals surface area contributed by atoms with Gasteiger partial charge >= 0.3 is 5.97 Å². The molecule has 3 rings (SSSR count). The summed E-state index contributed by atoms with van der Waals surface area (Å²) in [5.74, 6) is 0.160. The Balaban J connectivity index is 1.81. The Morgan fingerprint density at radius 1 is 1.07 bits per heavy atom. The summed E-state index contributed by atoms with van der Waals surface area (Å²) in [4.78, 5) is 15.5. The van der Waals surface area contributed by atoms with Crippen molar-refractivity contribution in [1.29, 1.82) is 0 Å². The lowest BCUT2D eigenvalue weighted by Gasteiger charge is -2.19. The molecule has 3 aromatic rings. The van der Waals surface area contributed by atoms with Crippen molar-refractivity contribution in [2.45, 2.75) is 13.8 Å². The molecule has 0 aliphatic rings. The van der Waals surface area contributed by atoms with Crippen LogP contribution in [0.3, 0.4) is 0 Å². The molecule has 0 saturated carbocycles. The molecular formula is C22H21ClN2O3. The summed E-state index contributed by atoms with van der Waals surface area (Å²) >= 11 is 5.96. The van der Waals surface area contributed by atoms with Crippen LogP contribution in [0.4, 0.5) is 5.82 Å². The van der Waals surface area contributed by atoms with E-state index in [4.69, 9.17) is 27.2 Å². The number of hydrogen-bond acceptors (Lipinski definition) is 4. The highest BCUT2D eigenvalue weighted by Gasteiger charge is 2.28. The highest BCUT2D eigenvalue weighted by Crippen LogP contribution is 2.31. The van der Waals surface area contributed by atoms with Gasteiger partial charge in [0.05, 0.1) is 5.41 Å². The van der Waals surface area contributed by atoms with Gasteiger partial charge in [0.25, 0.3) is 0 Å². The molecule has 2 aromatic carbocycles. The molecule has 6 heteroatoms. The van der Waals surface area contributed by atoms with Crippen molar-refractivity contribution < 1.29 is 14.6 Å². The Morgan fingerprint density at radius 3 is 2.29 bits per heavy atom. The maximum Gasteiger partial charge on any atom is 0.312 e. The monoisotopic (exact) mass is 396 g/mol. The lowest BCUT2D eigenvalue weighted by molar-refractivity contribution is -0.148. The van der Waals surface area contributed by atoms with Crippen LogP contribution >= 0.6 is 11.6 Å². The van der Waals surface area contributed by atoms with Gasteiger partial charge in [-0.2, -0.15) is 0 Å². The molecule has 0 aliphatic carbocycles. The van der Waals surface area contributed by atoms with Gasteiger partial charge in [-0.25, -0.2) is 4.98 Å². The number of ether oxygens (including phenoxy) is 1. The maximum absolute atomic E-state index is 11.2. The van der Waals surface area contributed by atoms with Gasteiger partial charge in [0.1, 0.15) is 18.2 Å². The largest absolute Gasteiger partial charge is 0.492 e. The lowest BCUT2D eigenvalue weighted by atomic mass is 9.95. The molecule has 3 N–H and O–H groups in total. The summed E-state index contributed by atoms with van der Waals surface area (Å²) in [7, 11) is 0. The summed E-state index contributed by atoms with van der Waals surface area (Å²) in [5.41, 5.74) is 8.74. The number of aromatic nitrogens is 1. The molecule has 1 heterocycles. The molecule has 1 aromatic heterocycles. The van der Waals surface area contributed by atoms with Gasteiger partial charge in [-0.05, 0) is 55.3 Å². The van der Waals surface area contributed by atoms with Gasteiger partial charge in [0, 0.05) is 22.3 Å². The summed E-state index contributed by atoms with van der Waals surface area (Å²) in [6.45, 7) is 3.34. The topological polar surface area (TPSA) is 85.4 Å².